The molecule has 3 heterocycles. The van der Waals surface area contributed by atoms with Crippen LogP contribution in [0.1, 0.15) is 47.5 Å². The van der Waals surface area contributed by atoms with Crippen LogP contribution in [0.3, 0.4) is 0 Å². The Morgan fingerprint density at radius 1 is 1.52 bits per heavy atom. The number of aliphatic hydroxyl groups excluding tert-OH is 2. The first-order valence-corrected chi connectivity index (χ1v) is 10.0. The number of anilines is 1. The lowest BCUT2D eigenvalue weighted by Crippen LogP contribution is -2.54. The van der Waals surface area contributed by atoms with Crippen LogP contribution < -0.4 is 10.2 Å². The van der Waals surface area contributed by atoms with Crippen molar-refractivity contribution in [2.75, 3.05) is 24.6 Å². The van der Waals surface area contributed by atoms with Gasteiger partial charge in [0, 0.05) is 19.0 Å². The van der Waals surface area contributed by atoms with Crippen molar-refractivity contribution in [2.24, 2.45) is 0 Å². The van der Waals surface area contributed by atoms with Crippen molar-refractivity contribution in [3.63, 3.8) is 0 Å². The molecule has 148 valence electrons. The van der Waals surface area contributed by atoms with Crippen LogP contribution in [0.4, 0.5) is 5.13 Å². The number of carbonyl (C=O) groups excluding carboxylic acids is 1. The Morgan fingerprint density at radius 2 is 2.30 bits per heavy atom. The van der Waals surface area contributed by atoms with E-state index in [9.17, 15) is 15.0 Å². The predicted octanol–water partition coefficient (Wildman–Crippen LogP) is 0.942. The number of aryl methyl sites for hydroxylation is 1. The normalized spacial score (nSPS) is 21.3. The molecule has 11 heteroatoms. The molecule has 1 aliphatic heterocycles. The zero-order chi connectivity index (χ0) is 19.6. The molecule has 0 saturated carbocycles. The second-order valence-electron chi connectivity index (χ2n) is 6.60. The largest absolute Gasteiger partial charge is 0.396 e. The number of carbonyl (C=O) groups is 1. The molecule has 2 aromatic heterocycles. The van der Waals surface area contributed by atoms with Gasteiger partial charge in [-0.3, -0.25) is 4.79 Å². The van der Waals surface area contributed by atoms with Crippen LogP contribution in [0, 0.1) is 0 Å². The molecule has 2 aromatic rings. The van der Waals surface area contributed by atoms with Crippen molar-refractivity contribution in [1.82, 2.24) is 25.5 Å². The molecule has 0 aromatic carbocycles. The lowest BCUT2D eigenvalue weighted by molar-refractivity contribution is 0.0790. The number of H-pyrrole nitrogens is 1. The van der Waals surface area contributed by atoms with E-state index in [1.807, 2.05) is 18.7 Å². The maximum absolute atomic E-state index is 12.4. The van der Waals surface area contributed by atoms with Gasteiger partial charge in [0.05, 0.1) is 24.4 Å². The van der Waals surface area contributed by atoms with Gasteiger partial charge in [0.25, 0.3) is 5.91 Å². The quantitative estimate of drug-likeness (QED) is 0.554. The van der Waals surface area contributed by atoms with Crippen molar-refractivity contribution in [2.45, 2.75) is 44.8 Å². The highest BCUT2D eigenvalue weighted by molar-refractivity contribution is 7.15. The van der Waals surface area contributed by atoms with Gasteiger partial charge in [0.1, 0.15) is 5.01 Å². The number of nitrogens with zero attached hydrogens (tertiary/aromatic N) is 4. The predicted molar refractivity (Wildman–Crippen MR) is 102 cm³/mol. The van der Waals surface area contributed by atoms with Crippen LogP contribution in [0.2, 0.25) is 5.15 Å². The van der Waals surface area contributed by atoms with E-state index in [1.165, 1.54) is 11.3 Å². The molecule has 1 fully saturated rings. The maximum atomic E-state index is 12.4. The van der Waals surface area contributed by atoms with Crippen LogP contribution in [-0.2, 0) is 6.42 Å². The molecule has 9 nitrogen and oxygen atoms in total. The third-order valence-electron chi connectivity index (χ3n) is 4.59. The number of hydrogen-bond donors (Lipinski definition) is 4. The number of aliphatic hydroxyl groups is 2. The highest BCUT2D eigenvalue weighted by Gasteiger charge is 2.31. The third kappa shape index (κ3) is 4.40. The summed E-state index contributed by atoms with van der Waals surface area (Å²) < 4.78 is 0. The Labute approximate surface area is 165 Å². The van der Waals surface area contributed by atoms with Gasteiger partial charge < -0.3 is 25.4 Å². The number of imidazole rings is 1. The molecule has 2 unspecified atom stereocenters. The standard InChI is InChI=1S/C16H23ClN6O3S/c1-3-9-12(17)20-13(18-9)14(26)19-10-4-5-23(6-11(10)25)16-22-21-15(27-16)8(2)7-24/h8,10-11,24-25H,3-7H2,1-2H3,(H,18,20)(H,19,26)/t8-,10?,11?/m0/s1. The summed E-state index contributed by atoms with van der Waals surface area (Å²) in [6.07, 6.45) is 0.465. The number of hydrogen-bond acceptors (Lipinski definition) is 8. The third-order valence-corrected chi connectivity index (χ3v) is 6.12. The number of β-amino-alcohol motifs (C(OH)–C–C–N with tert-alkyl or cyclic N) is 1. The van der Waals surface area contributed by atoms with Crippen molar-refractivity contribution >= 4 is 34.0 Å². The zero-order valence-electron chi connectivity index (χ0n) is 15.1. The Morgan fingerprint density at radius 3 is 2.93 bits per heavy atom. The number of rotatable bonds is 6. The van der Waals surface area contributed by atoms with Gasteiger partial charge in [-0.2, -0.15) is 0 Å². The van der Waals surface area contributed by atoms with Crippen molar-refractivity contribution in [1.29, 1.82) is 0 Å². The SMILES string of the molecule is CCc1[nH]c(C(=O)NC2CCN(c3nnc([C@@H](C)CO)s3)CC2O)nc1Cl. The molecule has 0 bridgehead atoms. The molecular weight excluding hydrogens is 392 g/mol. The van der Waals surface area contributed by atoms with Crippen LogP contribution in [-0.4, -0.2) is 68.1 Å². The number of amides is 1. The van der Waals surface area contributed by atoms with Crippen LogP contribution in [0.25, 0.3) is 0 Å². The topological polar surface area (TPSA) is 127 Å². The minimum absolute atomic E-state index is 0.0158. The fourth-order valence-electron chi connectivity index (χ4n) is 2.87. The molecule has 1 aliphatic rings. The molecule has 0 aliphatic carbocycles. The van der Waals surface area contributed by atoms with E-state index < -0.39 is 6.10 Å². The Hall–Kier alpha value is -1.75. The highest BCUT2D eigenvalue weighted by atomic mass is 35.5. The maximum Gasteiger partial charge on any atom is 0.287 e. The van der Waals surface area contributed by atoms with Gasteiger partial charge in [-0.15, -0.1) is 10.2 Å². The smallest absolute Gasteiger partial charge is 0.287 e. The average molecular weight is 415 g/mol. The molecule has 1 saturated heterocycles. The summed E-state index contributed by atoms with van der Waals surface area (Å²) in [4.78, 5) is 21.2. The molecule has 3 rings (SSSR count). The molecule has 27 heavy (non-hydrogen) atoms. The lowest BCUT2D eigenvalue weighted by atomic mass is 10.0. The van der Waals surface area contributed by atoms with E-state index in [2.05, 4.69) is 25.5 Å². The van der Waals surface area contributed by atoms with Gasteiger partial charge in [-0.25, -0.2) is 4.98 Å². The second kappa shape index (κ2) is 8.51. The van der Waals surface area contributed by atoms with Gasteiger partial charge in [-0.1, -0.05) is 36.8 Å². The summed E-state index contributed by atoms with van der Waals surface area (Å²) in [5.74, 6) is -0.298. The zero-order valence-corrected chi connectivity index (χ0v) is 16.7. The Balaban J connectivity index is 1.59. The number of aromatic amines is 1. The van der Waals surface area contributed by atoms with E-state index in [0.717, 1.165) is 5.01 Å². The lowest BCUT2D eigenvalue weighted by Gasteiger charge is -2.35. The van der Waals surface area contributed by atoms with Gasteiger partial charge in [0.15, 0.2) is 11.0 Å². The van der Waals surface area contributed by atoms with Gasteiger partial charge >= 0.3 is 0 Å². The van der Waals surface area contributed by atoms with E-state index in [4.69, 9.17) is 11.6 Å². The summed E-state index contributed by atoms with van der Waals surface area (Å²) in [6.45, 7) is 4.78. The Bertz CT molecular complexity index is 797. The second-order valence-corrected chi connectivity index (χ2v) is 7.94. The van der Waals surface area contributed by atoms with Crippen LogP contribution in [0.5, 0.6) is 0 Å². The summed E-state index contributed by atoms with van der Waals surface area (Å²) in [6, 6.07) is -0.383. The van der Waals surface area contributed by atoms with E-state index in [0.29, 0.717) is 41.9 Å². The summed E-state index contributed by atoms with van der Waals surface area (Å²) in [5, 5.41) is 32.5. The van der Waals surface area contributed by atoms with Crippen molar-refractivity contribution < 1.29 is 15.0 Å². The van der Waals surface area contributed by atoms with Crippen LogP contribution in [0.15, 0.2) is 0 Å². The number of aromatic nitrogens is 4. The average Bonchev–Trinajstić information content (AvgIpc) is 3.29. The summed E-state index contributed by atoms with van der Waals surface area (Å²) in [7, 11) is 0. The fraction of sp³-hybridized carbons (Fsp3) is 0.625. The minimum atomic E-state index is -0.749. The van der Waals surface area contributed by atoms with E-state index >= 15 is 0 Å². The first-order valence-electron chi connectivity index (χ1n) is 8.85. The first kappa shape index (κ1) is 20.0. The summed E-state index contributed by atoms with van der Waals surface area (Å²) in [5.41, 5.74) is 0.710. The van der Waals surface area contributed by atoms with Gasteiger partial charge in [0.2, 0.25) is 5.13 Å². The number of halogens is 1. The van der Waals surface area contributed by atoms with Gasteiger partial charge in [-0.05, 0) is 12.8 Å². The van der Waals surface area contributed by atoms with Crippen molar-refractivity contribution in [3.8, 4) is 0 Å². The van der Waals surface area contributed by atoms with Crippen molar-refractivity contribution in [3.05, 3.63) is 21.7 Å². The molecule has 0 spiro atoms. The molecule has 0 radical (unpaired) electrons. The molecule has 3 atom stereocenters. The first-order chi connectivity index (χ1) is 12.9. The molecular formula is C16H23ClN6O3S. The number of piperidine rings is 1. The fourth-order valence-corrected chi connectivity index (χ4v) is 4.06. The number of nitrogens with one attached hydrogen (secondary N) is 2. The van der Waals surface area contributed by atoms with Crippen LogP contribution >= 0.6 is 22.9 Å². The van der Waals surface area contributed by atoms with E-state index in [-0.39, 0.29) is 30.3 Å². The monoisotopic (exact) mass is 414 g/mol. The minimum Gasteiger partial charge on any atom is -0.396 e. The summed E-state index contributed by atoms with van der Waals surface area (Å²) >= 11 is 7.38. The molecule has 1 amide bonds. The highest BCUT2D eigenvalue weighted by Crippen LogP contribution is 2.28. The van der Waals surface area contributed by atoms with E-state index in [1.54, 1.807) is 0 Å². The molecule has 4 N–H and O–H groups in total. The Kier molecular flexibility index (Phi) is 6.30.